The molecular weight excluding hydrogens is 372 g/mol. The first-order valence-electron chi connectivity index (χ1n) is 9.16. The van der Waals surface area contributed by atoms with Crippen LogP contribution in [0.1, 0.15) is 40.0 Å². The average molecular weight is 391 g/mol. The molecule has 0 atom stereocenters. The Bertz CT molecular complexity index is 1070. The van der Waals surface area contributed by atoms with Crippen LogP contribution in [0.15, 0.2) is 48.8 Å². The fraction of sp³-hybridized carbons (Fsp3) is 0.227. The van der Waals surface area contributed by atoms with E-state index < -0.39 is 0 Å². The van der Waals surface area contributed by atoms with Crippen molar-refractivity contribution in [3.63, 3.8) is 0 Å². The van der Waals surface area contributed by atoms with Crippen LogP contribution in [0.2, 0.25) is 5.02 Å². The minimum Gasteiger partial charge on any atom is -0.305 e. The fourth-order valence-corrected chi connectivity index (χ4v) is 3.11. The minimum atomic E-state index is -0.304. The highest BCUT2D eigenvalue weighted by atomic mass is 35.5. The molecule has 1 aliphatic carbocycles. The van der Waals surface area contributed by atoms with E-state index in [1.54, 1.807) is 10.9 Å². The van der Waals surface area contributed by atoms with E-state index in [9.17, 15) is 4.79 Å². The van der Waals surface area contributed by atoms with Gasteiger partial charge in [-0.1, -0.05) is 41.6 Å². The summed E-state index contributed by atoms with van der Waals surface area (Å²) in [7, 11) is 0. The van der Waals surface area contributed by atoms with Gasteiger partial charge in [-0.05, 0) is 49.4 Å². The summed E-state index contributed by atoms with van der Waals surface area (Å²) in [6.45, 7) is 2.61. The Labute approximate surface area is 168 Å². The Kier molecular flexibility index (Phi) is 5.14. The molecule has 1 N–H and O–H groups in total. The molecule has 0 bridgehead atoms. The van der Waals surface area contributed by atoms with Gasteiger partial charge in [0.1, 0.15) is 11.5 Å². The van der Waals surface area contributed by atoms with Crippen LogP contribution in [0.25, 0.3) is 0 Å². The number of amides is 1. The van der Waals surface area contributed by atoms with Gasteiger partial charge in [-0.15, -0.1) is 0 Å². The Morgan fingerprint density at radius 1 is 1.21 bits per heavy atom. The zero-order valence-corrected chi connectivity index (χ0v) is 16.2. The van der Waals surface area contributed by atoms with E-state index in [-0.39, 0.29) is 5.91 Å². The van der Waals surface area contributed by atoms with Gasteiger partial charge in [-0.3, -0.25) is 9.48 Å². The summed E-state index contributed by atoms with van der Waals surface area (Å²) in [6, 6.07) is 11.7. The van der Waals surface area contributed by atoms with E-state index in [1.165, 1.54) is 19.0 Å². The molecule has 0 aliphatic heterocycles. The van der Waals surface area contributed by atoms with Crippen LogP contribution >= 0.6 is 11.6 Å². The summed E-state index contributed by atoms with van der Waals surface area (Å²) in [4.78, 5) is 17.1. The van der Waals surface area contributed by atoms with Gasteiger partial charge in [0.25, 0.3) is 5.91 Å². The average Bonchev–Trinajstić information content (AvgIpc) is 3.44. The van der Waals surface area contributed by atoms with Gasteiger partial charge < -0.3 is 5.32 Å². The van der Waals surface area contributed by atoms with E-state index in [2.05, 4.69) is 27.2 Å². The molecule has 6 heteroatoms. The number of aryl methyl sites for hydroxylation is 1. The molecule has 5 nitrogen and oxygen atoms in total. The maximum atomic E-state index is 12.7. The third-order valence-electron chi connectivity index (χ3n) is 4.57. The monoisotopic (exact) mass is 390 g/mol. The lowest BCUT2D eigenvalue weighted by Gasteiger charge is -2.10. The van der Waals surface area contributed by atoms with Crippen molar-refractivity contribution in [2.24, 2.45) is 5.92 Å². The summed E-state index contributed by atoms with van der Waals surface area (Å²) in [5, 5.41) is 7.43. The second-order valence-corrected chi connectivity index (χ2v) is 7.33. The Balaban J connectivity index is 1.50. The lowest BCUT2D eigenvalue weighted by Crippen LogP contribution is -2.20. The predicted octanol–water partition coefficient (Wildman–Crippen LogP) is 4.30. The molecule has 1 aromatic carbocycles. The highest BCUT2D eigenvalue weighted by Gasteiger charge is 2.26. The van der Waals surface area contributed by atoms with Crippen molar-refractivity contribution in [2.75, 3.05) is 5.32 Å². The molecule has 4 rings (SSSR count). The lowest BCUT2D eigenvalue weighted by atomic mass is 10.1. The standard InChI is InChI=1S/C22H19ClN4O/c1-15-11-18(10-7-16-5-3-2-4-6-16)12-24-21(15)26-22(28)20-19(23)13-25-27(20)14-17-8-9-17/h2-6,11-13,17H,8-9,14H2,1H3,(H,24,26,28). The highest BCUT2D eigenvalue weighted by molar-refractivity contribution is 6.34. The van der Waals surface area contributed by atoms with Crippen LogP contribution in [-0.4, -0.2) is 20.7 Å². The number of hydrogen-bond donors (Lipinski definition) is 1. The maximum absolute atomic E-state index is 12.7. The topological polar surface area (TPSA) is 59.8 Å². The van der Waals surface area contributed by atoms with E-state index in [0.29, 0.717) is 22.5 Å². The van der Waals surface area contributed by atoms with E-state index in [4.69, 9.17) is 11.6 Å². The molecule has 0 unspecified atom stereocenters. The number of carbonyl (C=O) groups excluding carboxylic acids is 1. The number of pyridine rings is 1. The van der Waals surface area contributed by atoms with E-state index in [1.807, 2.05) is 43.3 Å². The molecule has 1 amide bonds. The number of carbonyl (C=O) groups is 1. The summed E-state index contributed by atoms with van der Waals surface area (Å²) in [6.07, 6.45) is 5.51. The summed E-state index contributed by atoms with van der Waals surface area (Å²) in [5.41, 5.74) is 2.94. The number of halogens is 1. The number of nitrogens with zero attached hydrogens (tertiary/aromatic N) is 3. The minimum absolute atomic E-state index is 0.304. The highest BCUT2D eigenvalue weighted by Crippen LogP contribution is 2.31. The number of nitrogens with one attached hydrogen (secondary N) is 1. The number of aromatic nitrogens is 3. The van der Waals surface area contributed by atoms with Crippen molar-refractivity contribution in [2.45, 2.75) is 26.3 Å². The molecule has 1 aliphatic rings. The first kappa shape index (κ1) is 18.3. The van der Waals surface area contributed by atoms with Gasteiger partial charge >= 0.3 is 0 Å². The van der Waals surface area contributed by atoms with Gasteiger partial charge in [-0.2, -0.15) is 5.10 Å². The second kappa shape index (κ2) is 7.87. The quantitative estimate of drug-likeness (QED) is 0.675. The van der Waals surface area contributed by atoms with Crippen LogP contribution in [0, 0.1) is 24.7 Å². The van der Waals surface area contributed by atoms with E-state index >= 15 is 0 Å². The number of rotatable bonds is 4. The second-order valence-electron chi connectivity index (χ2n) is 6.93. The fourth-order valence-electron chi connectivity index (χ4n) is 2.88. The van der Waals surface area contributed by atoms with Crippen molar-refractivity contribution in [3.8, 4) is 11.8 Å². The molecule has 2 aromatic heterocycles. The van der Waals surface area contributed by atoms with Gasteiger partial charge in [-0.25, -0.2) is 4.98 Å². The van der Waals surface area contributed by atoms with Crippen molar-refractivity contribution in [1.29, 1.82) is 0 Å². The van der Waals surface area contributed by atoms with Crippen LogP contribution < -0.4 is 5.32 Å². The number of hydrogen-bond acceptors (Lipinski definition) is 3. The molecule has 3 aromatic rings. The summed E-state index contributed by atoms with van der Waals surface area (Å²) < 4.78 is 1.68. The number of anilines is 1. The molecule has 0 spiro atoms. The van der Waals surface area contributed by atoms with Gasteiger partial charge in [0.15, 0.2) is 0 Å². The first-order valence-corrected chi connectivity index (χ1v) is 9.54. The Hall–Kier alpha value is -3.10. The molecule has 1 fully saturated rings. The Morgan fingerprint density at radius 3 is 2.68 bits per heavy atom. The van der Waals surface area contributed by atoms with Crippen molar-refractivity contribution in [1.82, 2.24) is 14.8 Å². The predicted molar refractivity (Wildman–Crippen MR) is 109 cm³/mol. The SMILES string of the molecule is Cc1cc(C#Cc2ccccc2)cnc1NC(=O)c1c(Cl)cnn1CC1CC1. The van der Waals surface area contributed by atoms with Crippen LogP contribution in [0.5, 0.6) is 0 Å². The maximum Gasteiger partial charge on any atom is 0.276 e. The van der Waals surface area contributed by atoms with Crippen LogP contribution in [0.4, 0.5) is 5.82 Å². The normalized spacial score (nSPS) is 12.9. The first-order chi connectivity index (χ1) is 13.6. The zero-order valence-electron chi connectivity index (χ0n) is 15.4. The van der Waals surface area contributed by atoms with Gasteiger partial charge in [0.2, 0.25) is 0 Å². The summed E-state index contributed by atoms with van der Waals surface area (Å²) >= 11 is 6.19. The largest absolute Gasteiger partial charge is 0.305 e. The molecule has 1 saturated carbocycles. The lowest BCUT2D eigenvalue weighted by molar-refractivity contribution is 0.101. The Morgan fingerprint density at radius 2 is 1.96 bits per heavy atom. The molecule has 0 radical (unpaired) electrons. The van der Waals surface area contributed by atoms with Crippen molar-refractivity contribution >= 4 is 23.3 Å². The summed E-state index contributed by atoms with van der Waals surface area (Å²) in [5.74, 6) is 6.97. The third-order valence-corrected chi connectivity index (χ3v) is 4.85. The molecule has 0 saturated heterocycles. The van der Waals surface area contributed by atoms with Gasteiger partial charge in [0.05, 0.1) is 11.2 Å². The molecule has 140 valence electrons. The number of benzene rings is 1. The smallest absolute Gasteiger partial charge is 0.276 e. The van der Waals surface area contributed by atoms with Crippen molar-refractivity contribution in [3.05, 3.63) is 76.2 Å². The van der Waals surface area contributed by atoms with E-state index in [0.717, 1.165) is 23.2 Å². The zero-order chi connectivity index (χ0) is 19.5. The van der Waals surface area contributed by atoms with Crippen LogP contribution in [-0.2, 0) is 6.54 Å². The molecule has 28 heavy (non-hydrogen) atoms. The molecule has 2 heterocycles. The van der Waals surface area contributed by atoms with Crippen LogP contribution in [0.3, 0.4) is 0 Å². The third kappa shape index (κ3) is 4.24. The van der Waals surface area contributed by atoms with Gasteiger partial charge in [0, 0.05) is 23.9 Å². The van der Waals surface area contributed by atoms with Crippen molar-refractivity contribution < 1.29 is 4.79 Å². The molecular formula is C22H19ClN4O.